The first kappa shape index (κ1) is 21.3. The van der Waals surface area contributed by atoms with Crippen LogP contribution in [-0.4, -0.2) is 38.5 Å². The molecule has 1 aromatic carbocycles. The van der Waals surface area contributed by atoms with Crippen molar-refractivity contribution in [2.75, 3.05) is 13.1 Å². The highest BCUT2D eigenvalue weighted by Gasteiger charge is 2.36. The van der Waals surface area contributed by atoms with Crippen LogP contribution >= 0.6 is 0 Å². The summed E-state index contributed by atoms with van der Waals surface area (Å²) in [5.41, 5.74) is 0.890. The molecular weight excluding hydrogens is 412 g/mol. The van der Waals surface area contributed by atoms with Crippen LogP contribution in [0, 0.1) is 5.82 Å². The van der Waals surface area contributed by atoms with Crippen LogP contribution in [0.2, 0.25) is 0 Å². The largest absolute Gasteiger partial charge is 0.433 e. The summed E-state index contributed by atoms with van der Waals surface area (Å²) in [7, 11) is 0. The molecule has 5 nitrogen and oxygen atoms in total. The SMILES string of the molecule is CCc1cc(C(F)(F)F)n2nc(C3CCCN(C(=O)Cc4ccc(F)cc4)C3)cc2n1. The Morgan fingerprint density at radius 1 is 1.19 bits per heavy atom. The number of hydrogen-bond donors (Lipinski definition) is 0. The van der Waals surface area contributed by atoms with E-state index in [1.807, 2.05) is 0 Å². The van der Waals surface area contributed by atoms with Gasteiger partial charge in [0, 0.05) is 30.8 Å². The highest BCUT2D eigenvalue weighted by atomic mass is 19.4. The second-order valence-electron chi connectivity index (χ2n) is 7.81. The van der Waals surface area contributed by atoms with E-state index < -0.39 is 11.9 Å². The Labute approximate surface area is 176 Å². The molecule has 1 aliphatic rings. The van der Waals surface area contributed by atoms with Crippen molar-refractivity contribution in [2.45, 2.75) is 44.7 Å². The zero-order valence-corrected chi connectivity index (χ0v) is 17.0. The molecule has 1 unspecified atom stereocenters. The molecule has 0 N–H and O–H groups in total. The van der Waals surface area contributed by atoms with E-state index in [1.54, 1.807) is 30.0 Å². The fraction of sp³-hybridized carbons (Fsp3) is 0.409. The van der Waals surface area contributed by atoms with Crippen molar-refractivity contribution >= 4 is 11.6 Å². The molecule has 0 radical (unpaired) electrons. The lowest BCUT2D eigenvalue weighted by molar-refractivity contribution is -0.142. The molecule has 0 spiro atoms. The van der Waals surface area contributed by atoms with E-state index in [1.165, 1.54) is 12.1 Å². The zero-order valence-electron chi connectivity index (χ0n) is 17.0. The van der Waals surface area contributed by atoms with E-state index in [2.05, 4.69) is 10.1 Å². The number of fused-ring (bicyclic) bond motifs is 1. The summed E-state index contributed by atoms with van der Waals surface area (Å²) in [6, 6.07) is 8.40. The third-order valence-electron chi connectivity index (χ3n) is 5.61. The van der Waals surface area contributed by atoms with Gasteiger partial charge in [-0.05, 0) is 43.0 Å². The van der Waals surface area contributed by atoms with Gasteiger partial charge in [0.05, 0.1) is 12.1 Å². The number of carbonyl (C=O) groups excluding carboxylic acids is 1. The molecule has 1 saturated heterocycles. The predicted octanol–water partition coefficient (Wildman–Crippen LogP) is 4.40. The van der Waals surface area contributed by atoms with Crippen molar-refractivity contribution in [3.63, 3.8) is 0 Å². The number of aromatic nitrogens is 3. The number of alkyl halides is 3. The van der Waals surface area contributed by atoms with E-state index in [4.69, 9.17) is 0 Å². The van der Waals surface area contributed by atoms with Crippen LogP contribution in [0.4, 0.5) is 17.6 Å². The minimum atomic E-state index is -4.54. The molecule has 0 bridgehead atoms. The molecule has 3 heterocycles. The van der Waals surface area contributed by atoms with Crippen molar-refractivity contribution in [3.8, 4) is 0 Å². The van der Waals surface area contributed by atoms with Gasteiger partial charge in [0.1, 0.15) is 11.5 Å². The topological polar surface area (TPSA) is 50.5 Å². The first-order chi connectivity index (χ1) is 14.7. The Balaban J connectivity index is 1.56. The summed E-state index contributed by atoms with van der Waals surface area (Å²) in [6.07, 6.45) is -2.55. The van der Waals surface area contributed by atoms with Crippen LogP contribution in [0.1, 0.15) is 48.3 Å². The average molecular weight is 434 g/mol. The maximum Gasteiger partial charge on any atom is 0.433 e. The van der Waals surface area contributed by atoms with Gasteiger partial charge in [-0.15, -0.1) is 0 Å². The van der Waals surface area contributed by atoms with Gasteiger partial charge in [-0.3, -0.25) is 4.79 Å². The number of halogens is 4. The monoisotopic (exact) mass is 434 g/mol. The highest BCUT2D eigenvalue weighted by Crippen LogP contribution is 2.32. The van der Waals surface area contributed by atoms with Gasteiger partial charge in [-0.1, -0.05) is 19.1 Å². The van der Waals surface area contributed by atoms with Crippen molar-refractivity contribution in [2.24, 2.45) is 0 Å². The molecule has 0 aliphatic carbocycles. The molecule has 1 atom stereocenters. The Kier molecular flexibility index (Phi) is 5.68. The Hall–Kier alpha value is -2.97. The molecule has 164 valence electrons. The third-order valence-corrected chi connectivity index (χ3v) is 5.61. The number of carbonyl (C=O) groups is 1. The third kappa shape index (κ3) is 4.55. The average Bonchev–Trinajstić information content (AvgIpc) is 3.18. The standard InChI is InChI=1S/C22H22F4N4O/c1-2-17-11-19(22(24,25)26)30-20(27-17)12-18(28-30)15-4-3-9-29(13-15)21(31)10-14-5-7-16(23)8-6-14/h5-8,11-12,15H,2-4,9-10,13H2,1H3. The van der Waals surface area contributed by atoms with E-state index in [9.17, 15) is 22.4 Å². The van der Waals surface area contributed by atoms with Gasteiger partial charge in [-0.25, -0.2) is 13.9 Å². The summed E-state index contributed by atoms with van der Waals surface area (Å²) in [5, 5.41) is 4.22. The summed E-state index contributed by atoms with van der Waals surface area (Å²) in [5.74, 6) is -0.625. The Bertz CT molecular complexity index is 1090. The van der Waals surface area contributed by atoms with Crippen molar-refractivity contribution < 1.29 is 22.4 Å². The molecule has 1 fully saturated rings. The lowest BCUT2D eigenvalue weighted by Gasteiger charge is -2.32. The Morgan fingerprint density at radius 3 is 2.61 bits per heavy atom. The van der Waals surface area contributed by atoms with Gasteiger partial charge >= 0.3 is 6.18 Å². The van der Waals surface area contributed by atoms with Gasteiger partial charge < -0.3 is 4.90 Å². The lowest BCUT2D eigenvalue weighted by atomic mass is 9.94. The van der Waals surface area contributed by atoms with Gasteiger partial charge in [-0.2, -0.15) is 18.3 Å². The van der Waals surface area contributed by atoms with Crippen LogP contribution in [0.15, 0.2) is 36.4 Å². The number of likely N-dealkylation sites (tertiary alicyclic amines) is 1. The fourth-order valence-corrected chi connectivity index (χ4v) is 3.96. The number of benzene rings is 1. The molecule has 0 saturated carbocycles. The van der Waals surface area contributed by atoms with Gasteiger partial charge in [0.25, 0.3) is 0 Å². The van der Waals surface area contributed by atoms with E-state index in [0.29, 0.717) is 36.5 Å². The first-order valence-electron chi connectivity index (χ1n) is 10.2. The molecule has 1 amide bonds. The molecule has 31 heavy (non-hydrogen) atoms. The number of amides is 1. The molecular formula is C22H22F4N4O. The van der Waals surface area contributed by atoms with Crippen molar-refractivity contribution in [1.29, 1.82) is 0 Å². The summed E-state index contributed by atoms with van der Waals surface area (Å²) in [4.78, 5) is 18.7. The van der Waals surface area contributed by atoms with Crippen LogP contribution in [-0.2, 0) is 23.8 Å². The number of rotatable bonds is 4. The first-order valence-corrected chi connectivity index (χ1v) is 10.2. The lowest BCUT2D eigenvalue weighted by Crippen LogP contribution is -2.40. The van der Waals surface area contributed by atoms with Crippen LogP contribution in [0.3, 0.4) is 0 Å². The second kappa shape index (κ2) is 8.28. The number of nitrogens with zero attached hydrogens (tertiary/aromatic N) is 4. The molecule has 1 aliphatic heterocycles. The van der Waals surface area contributed by atoms with Crippen molar-refractivity contribution in [1.82, 2.24) is 19.5 Å². The highest BCUT2D eigenvalue weighted by molar-refractivity contribution is 5.79. The maximum atomic E-state index is 13.5. The number of hydrogen-bond acceptors (Lipinski definition) is 3. The summed E-state index contributed by atoms with van der Waals surface area (Å²) < 4.78 is 54.5. The fourth-order valence-electron chi connectivity index (χ4n) is 3.96. The predicted molar refractivity (Wildman–Crippen MR) is 106 cm³/mol. The molecule has 3 aromatic rings. The summed E-state index contributed by atoms with van der Waals surface area (Å²) in [6.45, 7) is 2.71. The molecule has 4 rings (SSSR count). The summed E-state index contributed by atoms with van der Waals surface area (Å²) >= 11 is 0. The minimum absolute atomic E-state index is 0.0950. The van der Waals surface area contributed by atoms with E-state index >= 15 is 0 Å². The minimum Gasteiger partial charge on any atom is -0.342 e. The van der Waals surface area contributed by atoms with Gasteiger partial charge in [0.2, 0.25) is 5.91 Å². The van der Waals surface area contributed by atoms with E-state index in [0.717, 1.165) is 23.4 Å². The van der Waals surface area contributed by atoms with Gasteiger partial charge in [0.15, 0.2) is 5.65 Å². The quantitative estimate of drug-likeness (QED) is 0.572. The normalized spacial score (nSPS) is 17.3. The number of piperidine rings is 1. The van der Waals surface area contributed by atoms with E-state index in [-0.39, 0.29) is 29.7 Å². The number of aryl methyl sites for hydroxylation is 1. The van der Waals surface area contributed by atoms with Crippen LogP contribution in [0.25, 0.3) is 5.65 Å². The smallest absolute Gasteiger partial charge is 0.342 e. The zero-order chi connectivity index (χ0) is 22.2. The Morgan fingerprint density at radius 2 is 1.94 bits per heavy atom. The van der Waals surface area contributed by atoms with Crippen molar-refractivity contribution in [3.05, 3.63) is 64.9 Å². The second-order valence-corrected chi connectivity index (χ2v) is 7.81. The van der Waals surface area contributed by atoms with Crippen LogP contribution in [0.5, 0.6) is 0 Å². The maximum absolute atomic E-state index is 13.5. The molecule has 9 heteroatoms. The molecule has 2 aromatic heterocycles. The van der Waals surface area contributed by atoms with Crippen LogP contribution < -0.4 is 0 Å².